The van der Waals surface area contributed by atoms with Gasteiger partial charge in [-0.3, -0.25) is 4.79 Å². The molecule has 4 rings (SSSR count). The normalized spacial score (nSPS) is 20.5. The third-order valence-electron chi connectivity index (χ3n) is 5.73. The number of carbonyl (C=O) groups excluding carboxylic acids is 2. The first-order valence-corrected chi connectivity index (χ1v) is 10.9. The van der Waals surface area contributed by atoms with Crippen LogP contribution in [0.5, 0.6) is 0 Å². The molecular weight excluding hydrogens is 376 g/mol. The maximum absolute atomic E-state index is 13.0. The molecule has 1 saturated carbocycles. The van der Waals surface area contributed by atoms with Crippen LogP contribution in [0.3, 0.4) is 0 Å². The van der Waals surface area contributed by atoms with E-state index in [1.54, 1.807) is 6.20 Å². The van der Waals surface area contributed by atoms with Crippen molar-refractivity contribution in [2.24, 2.45) is 0 Å². The van der Waals surface area contributed by atoms with Gasteiger partial charge in [0.25, 0.3) is 5.91 Å². The number of amides is 2. The Kier molecular flexibility index (Phi) is 5.75. The molecule has 7 nitrogen and oxygen atoms in total. The number of carbonyl (C=O) groups is 2. The molecule has 0 bridgehead atoms. The van der Waals surface area contributed by atoms with Crippen LogP contribution in [0.2, 0.25) is 0 Å². The number of fused-ring (bicyclic) bond motifs is 1. The zero-order valence-corrected chi connectivity index (χ0v) is 17.0. The Hall–Kier alpha value is -2.22. The molecule has 1 atom stereocenters. The highest BCUT2D eigenvalue weighted by Gasteiger charge is 2.31. The van der Waals surface area contributed by atoms with Crippen molar-refractivity contribution in [1.82, 2.24) is 19.6 Å². The smallest absolute Gasteiger partial charge is 0.407 e. The zero-order valence-electron chi connectivity index (χ0n) is 16.1. The second-order valence-corrected chi connectivity index (χ2v) is 8.47. The lowest BCUT2D eigenvalue weighted by Crippen LogP contribution is -2.41. The summed E-state index contributed by atoms with van der Waals surface area (Å²) in [7, 11) is 0. The summed E-state index contributed by atoms with van der Waals surface area (Å²) in [5.74, 6) is -0.0567. The predicted octanol–water partition coefficient (Wildman–Crippen LogP) is 3.66. The quantitative estimate of drug-likeness (QED) is 0.844. The van der Waals surface area contributed by atoms with E-state index in [4.69, 9.17) is 4.74 Å². The second kappa shape index (κ2) is 8.43. The van der Waals surface area contributed by atoms with Gasteiger partial charge in [-0.05, 0) is 50.2 Å². The highest BCUT2D eigenvalue weighted by atomic mass is 32.1. The van der Waals surface area contributed by atoms with Crippen LogP contribution in [0.25, 0.3) is 10.2 Å². The molecular formula is C20H26N4O3S. The molecule has 2 aromatic heterocycles. The first-order valence-electron chi connectivity index (χ1n) is 10.1. The van der Waals surface area contributed by atoms with E-state index in [0.717, 1.165) is 54.4 Å². The van der Waals surface area contributed by atoms with Gasteiger partial charge in [-0.2, -0.15) is 4.37 Å². The van der Waals surface area contributed by atoms with Crippen LogP contribution in [-0.4, -0.2) is 51.5 Å². The highest BCUT2D eigenvalue weighted by molar-refractivity contribution is 7.12. The third-order valence-corrected chi connectivity index (χ3v) is 6.59. The summed E-state index contributed by atoms with van der Waals surface area (Å²) in [5, 5.41) is 3.89. The van der Waals surface area contributed by atoms with E-state index < -0.39 is 0 Å². The molecule has 1 N–H and O–H groups in total. The van der Waals surface area contributed by atoms with Gasteiger partial charge in [0, 0.05) is 24.2 Å². The number of nitrogens with zero attached hydrogens (tertiary/aromatic N) is 3. The zero-order chi connectivity index (χ0) is 19.5. The van der Waals surface area contributed by atoms with Gasteiger partial charge in [-0.15, -0.1) is 0 Å². The van der Waals surface area contributed by atoms with Crippen LogP contribution in [0.1, 0.15) is 61.0 Å². The van der Waals surface area contributed by atoms with E-state index in [1.165, 1.54) is 18.0 Å². The van der Waals surface area contributed by atoms with Gasteiger partial charge in [0.1, 0.15) is 11.4 Å². The number of nitrogens with one attached hydrogen (secondary N) is 1. The second-order valence-electron chi connectivity index (χ2n) is 7.72. The topological polar surface area (TPSA) is 84.4 Å². The fourth-order valence-corrected chi connectivity index (χ4v) is 4.86. The summed E-state index contributed by atoms with van der Waals surface area (Å²) >= 11 is 1.34. The van der Waals surface area contributed by atoms with E-state index in [1.807, 2.05) is 17.9 Å². The van der Waals surface area contributed by atoms with Crippen molar-refractivity contribution in [1.29, 1.82) is 0 Å². The first kappa shape index (κ1) is 19.1. The minimum absolute atomic E-state index is 0.0567. The number of aromatic nitrogens is 2. The van der Waals surface area contributed by atoms with Gasteiger partial charge >= 0.3 is 6.09 Å². The third kappa shape index (κ3) is 4.11. The Morgan fingerprint density at radius 3 is 2.89 bits per heavy atom. The molecule has 2 fully saturated rings. The molecule has 28 heavy (non-hydrogen) atoms. The van der Waals surface area contributed by atoms with Crippen LogP contribution in [-0.2, 0) is 4.74 Å². The Balaban J connectivity index is 1.36. The molecule has 1 aliphatic heterocycles. The lowest BCUT2D eigenvalue weighted by Gasteiger charge is -2.26. The summed E-state index contributed by atoms with van der Waals surface area (Å²) < 4.78 is 9.75. The van der Waals surface area contributed by atoms with Gasteiger partial charge in [-0.25, -0.2) is 9.78 Å². The van der Waals surface area contributed by atoms with E-state index in [-0.39, 0.29) is 30.7 Å². The standard InChI is InChI=1S/C20H26N4O3S/c1-13-17-10-14(11-21-18(17)28-23-13)19(25)24-9-5-8-16(24)12-27-20(26)22-15-6-3-2-4-7-15/h10-11,15-16H,2-9,12H2,1H3,(H,22,26). The van der Waals surface area contributed by atoms with E-state index in [9.17, 15) is 9.59 Å². The maximum atomic E-state index is 13.0. The minimum atomic E-state index is -0.366. The van der Waals surface area contributed by atoms with Crippen LogP contribution in [0.15, 0.2) is 12.3 Å². The van der Waals surface area contributed by atoms with Crippen molar-refractivity contribution in [3.63, 3.8) is 0 Å². The number of ether oxygens (including phenoxy) is 1. The van der Waals surface area contributed by atoms with Gasteiger partial charge < -0.3 is 15.0 Å². The SMILES string of the molecule is Cc1nsc2ncc(C(=O)N3CCCC3COC(=O)NC3CCCCC3)cc12. The summed E-state index contributed by atoms with van der Waals surface area (Å²) in [6, 6.07) is 2.01. The van der Waals surface area contributed by atoms with Crippen LogP contribution in [0, 0.1) is 6.92 Å². The predicted molar refractivity (Wildman–Crippen MR) is 108 cm³/mol. The molecule has 2 aromatic rings. The van der Waals surface area contributed by atoms with Gasteiger partial charge in [0.05, 0.1) is 17.3 Å². The first-order chi connectivity index (χ1) is 13.6. The fourth-order valence-electron chi connectivity index (χ4n) is 4.13. The molecule has 150 valence electrons. The molecule has 3 heterocycles. The minimum Gasteiger partial charge on any atom is -0.447 e. The average Bonchev–Trinajstić information content (AvgIpc) is 3.33. The number of hydrogen-bond acceptors (Lipinski definition) is 6. The average molecular weight is 403 g/mol. The summed E-state index contributed by atoms with van der Waals surface area (Å²) in [6.07, 6.45) is 8.62. The number of alkyl carbamates (subject to hydrolysis) is 1. The van der Waals surface area contributed by atoms with Crippen molar-refractivity contribution in [3.05, 3.63) is 23.5 Å². The highest BCUT2D eigenvalue weighted by Crippen LogP contribution is 2.25. The number of likely N-dealkylation sites (tertiary alicyclic amines) is 1. The van der Waals surface area contributed by atoms with Gasteiger partial charge in [-0.1, -0.05) is 19.3 Å². The Morgan fingerprint density at radius 2 is 2.07 bits per heavy atom. The number of pyridine rings is 1. The molecule has 0 aromatic carbocycles. The summed E-state index contributed by atoms with van der Waals surface area (Å²) in [5.41, 5.74) is 1.46. The molecule has 0 spiro atoms. The van der Waals surface area contributed by atoms with Crippen molar-refractivity contribution in [3.8, 4) is 0 Å². The summed E-state index contributed by atoms with van der Waals surface area (Å²) in [6.45, 7) is 2.83. The number of aryl methyl sites for hydroxylation is 1. The maximum Gasteiger partial charge on any atom is 0.407 e. The number of rotatable bonds is 4. The molecule has 1 saturated heterocycles. The van der Waals surface area contributed by atoms with Crippen molar-refractivity contribution < 1.29 is 14.3 Å². The van der Waals surface area contributed by atoms with E-state index >= 15 is 0 Å². The lowest BCUT2D eigenvalue weighted by molar-refractivity contribution is 0.0631. The van der Waals surface area contributed by atoms with Crippen LogP contribution >= 0.6 is 11.5 Å². The van der Waals surface area contributed by atoms with Crippen molar-refractivity contribution in [2.75, 3.05) is 13.2 Å². The molecule has 8 heteroatoms. The molecule has 0 radical (unpaired) electrons. The monoisotopic (exact) mass is 402 g/mol. The lowest BCUT2D eigenvalue weighted by atomic mass is 9.96. The number of hydrogen-bond donors (Lipinski definition) is 1. The largest absolute Gasteiger partial charge is 0.447 e. The van der Waals surface area contributed by atoms with E-state index in [0.29, 0.717) is 12.1 Å². The summed E-state index contributed by atoms with van der Waals surface area (Å²) in [4.78, 5) is 32.2. The van der Waals surface area contributed by atoms with Crippen LogP contribution in [0.4, 0.5) is 4.79 Å². The molecule has 2 aliphatic rings. The van der Waals surface area contributed by atoms with Crippen LogP contribution < -0.4 is 5.32 Å². The Bertz CT molecular complexity index is 862. The van der Waals surface area contributed by atoms with Crippen molar-refractivity contribution >= 4 is 33.7 Å². The van der Waals surface area contributed by atoms with Crippen molar-refractivity contribution in [2.45, 2.75) is 64.0 Å². The molecule has 1 unspecified atom stereocenters. The van der Waals surface area contributed by atoms with Gasteiger partial charge in [0.2, 0.25) is 0 Å². The Morgan fingerprint density at radius 1 is 1.25 bits per heavy atom. The van der Waals surface area contributed by atoms with Gasteiger partial charge in [0.15, 0.2) is 0 Å². The Labute approximate surface area is 168 Å². The van der Waals surface area contributed by atoms with E-state index in [2.05, 4.69) is 14.7 Å². The fraction of sp³-hybridized carbons (Fsp3) is 0.600. The molecule has 1 aliphatic carbocycles. The molecule has 2 amide bonds.